The molecular formula is C20H30O7. The average molecular weight is 382 g/mol. The molecule has 0 fully saturated rings. The van der Waals surface area contributed by atoms with E-state index in [1.165, 1.54) is 44.9 Å². The van der Waals surface area contributed by atoms with E-state index in [4.69, 9.17) is 5.11 Å². The van der Waals surface area contributed by atoms with Crippen LogP contribution in [0, 0.1) is 0 Å². The molecule has 0 aromatic rings. The standard InChI is InChI=1S/C20H30O7/c1-2-3-4-5-6-7-8-9-10-11-12-13-14-15(21)16(22)17(23)18(24)19(25)20(26)27/h2-14H2,1H3,(H,26,27). The topological polar surface area (TPSA) is 123 Å². The van der Waals surface area contributed by atoms with E-state index in [0.29, 0.717) is 6.42 Å². The van der Waals surface area contributed by atoms with Gasteiger partial charge in [-0.05, 0) is 6.42 Å². The minimum atomic E-state index is -2.13. The van der Waals surface area contributed by atoms with Gasteiger partial charge in [-0.2, -0.15) is 0 Å². The summed E-state index contributed by atoms with van der Waals surface area (Å²) in [6, 6.07) is 0. The molecule has 0 saturated carbocycles. The van der Waals surface area contributed by atoms with E-state index in [-0.39, 0.29) is 6.42 Å². The molecule has 0 aliphatic rings. The molecule has 0 aromatic heterocycles. The van der Waals surface area contributed by atoms with E-state index in [9.17, 15) is 28.8 Å². The van der Waals surface area contributed by atoms with E-state index in [1.807, 2.05) is 0 Å². The largest absolute Gasteiger partial charge is 0.475 e. The summed E-state index contributed by atoms with van der Waals surface area (Å²) < 4.78 is 0. The van der Waals surface area contributed by atoms with Crippen molar-refractivity contribution in [3.63, 3.8) is 0 Å². The van der Waals surface area contributed by atoms with Crippen molar-refractivity contribution < 1.29 is 33.9 Å². The summed E-state index contributed by atoms with van der Waals surface area (Å²) in [5, 5.41) is 8.33. The molecule has 0 bridgehead atoms. The Morgan fingerprint density at radius 3 is 1.30 bits per heavy atom. The maximum absolute atomic E-state index is 11.6. The number of unbranched alkanes of at least 4 members (excludes halogenated alkanes) is 11. The quantitative estimate of drug-likeness (QED) is 0.219. The molecule has 0 saturated heterocycles. The zero-order chi connectivity index (χ0) is 20.7. The molecule has 0 radical (unpaired) electrons. The van der Waals surface area contributed by atoms with Crippen LogP contribution in [0.1, 0.15) is 90.4 Å². The van der Waals surface area contributed by atoms with Crippen LogP contribution in [0.15, 0.2) is 0 Å². The molecule has 0 spiro atoms. The smallest absolute Gasteiger partial charge is 0.380 e. The highest BCUT2D eigenvalue weighted by atomic mass is 16.4. The highest BCUT2D eigenvalue weighted by Gasteiger charge is 2.35. The summed E-state index contributed by atoms with van der Waals surface area (Å²) in [5.41, 5.74) is 0. The summed E-state index contributed by atoms with van der Waals surface area (Å²) in [4.78, 5) is 66.7. The van der Waals surface area contributed by atoms with Crippen molar-refractivity contribution in [2.24, 2.45) is 0 Å². The Kier molecular flexibility index (Phi) is 13.7. The van der Waals surface area contributed by atoms with Crippen LogP contribution in [0.25, 0.3) is 0 Å². The van der Waals surface area contributed by atoms with Crippen molar-refractivity contribution in [3.05, 3.63) is 0 Å². The molecule has 0 unspecified atom stereocenters. The molecule has 7 nitrogen and oxygen atoms in total. The van der Waals surface area contributed by atoms with Gasteiger partial charge >= 0.3 is 11.8 Å². The van der Waals surface area contributed by atoms with Gasteiger partial charge in [0, 0.05) is 6.42 Å². The first kappa shape index (κ1) is 24.8. The van der Waals surface area contributed by atoms with Crippen LogP contribution in [-0.2, 0) is 28.8 Å². The van der Waals surface area contributed by atoms with Crippen LogP contribution in [0.5, 0.6) is 0 Å². The van der Waals surface area contributed by atoms with E-state index in [2.05, 4.69) is 6.92 Å². The van der Waals surface area contributed by atoms with Crippen LogP contribution in [0.4, 0.5) is 0 Å². The van der Waals surface area contributed by atoms with Crippen molar-refractivity contribution in [1.29, 1.82) is 0 Å². The van der Waals surface area contributed by atoms with Gasteiger partial charge in [-0.1, -0.05) is 77.6 Å². The zero-order valence-electron chi connectivity index (χ0n) is 16.1. The Morgan fingerprint density at radius 1 is 0.519 bits per heavy atom. The molecule has 27 heavy (non-hydrogen) atoms. The second kappa shape index (κ2) is 14.9. The second-order valence-electron chi connectivity index (χ2n) is 6.68. The molecule has 1 N–H and O–H groups in total. The number of carboxylic acid groups (broad SMARTS) is 1. The predicted molar refractivity (Wildman–Crippen MR) is 98.4 cm³/mol. The van der Waals surface area contributed by atoms with E-state index < -0.39 is 34.9 Å². The Balaban J connectivity index is 3.78. The molecule has 0 heterocycles. The Labute approximate surface area is 159 Å². The monoisotopic (exact) mass is 382 g/mol. The number of hydrogen-bond acceptors (Lipinski definition) is 6. The van der Waals surface area contributed by atoms with Crippen LogP contribution in [0.3, 0.4) is 0 Å². The number of carbonyl (C=O) groups is 6. The van der Waals surface area contributed by atoms with Crippen molar-refractivity contribution in [2.75, 3.05) is 0 Å². The van der Waals surface area contributed by atoms with E-state index >= 15 is 0 Å². The van der Waals surface area contributed by atoms with Gasteiger partial charge in [0.15, 0.2) is 0 Å². The van der Waals surface area contributed by atoms with Crippen LogP contribution < -0.4 is 0 Å². The number of rotatable bonds is 18. The summed E-state index contributed by atoms with van der Waals surface area (Å²) in [6.07, 6.45) is 12.9. The zero-order valence-corrected chi connectivity index (χ0v) is 16.1. The van der Waals surface area contributed by atoms with Crippen molar-refractivity contribution in [3.8, 4) is 0 Å². The van der Waals surface area contributed by atoms with Gasteiger partial charge < -0.3 is 5.11 Å². The fraction of sp³-hybridized carbons (Fsp3) is 0.700. The predicted octanol–water partition coefficient (Wildman–Crippen LogP) is 3.01. The average Bonchev–Trinajstić information content (AvgIpc) is 2.66. The van der Waals surface area contributed by atoms with Gasteiger partial charge in [0.05, 0.1) is 0 Å². The lowest BCUT2D eigenvalue weighted by Gasteiger charge is -2.02. The van der Waals surface area contributed by atoms with E-state index in [1.54, 1.807) is 0 Å². The highest BCUT2D eigenvalue weighted by molar-refractivity contribution is 6.91. The number of Topliss-reactive ketones (excluding diaryl/α,β-unsaturated/α-hetero) is 5. The molecule has 0 aliphatic heterocycles. The van der Waals surface area contributed by atoms with Gasteiger partial charge in [0.25, 0.3) is 17.3 Å². The Hall–Kier alpha value is -2.18. The molecule has 7 heteroatoms. The first-order valence-corrected chi connectivity index (χ1v) is 9.76. The third-order valence-corrected chi connectivity index (χ3v) is 4.32. The van der Waals surface area contributed by atoms with Gasteiger partial charge in [0.1, 0.15) is 0 Å². The lowest BCUT2D eigenvalue weighted by atomic mass is 10.0. The van der Waals surface area contributed by atoms with Crippen molar-refractivity contribution >= 4 is 34.9 Å². The molecule has 0 aliphatic carbocycles. The van der Waals surface area contributed by atoms with Gasteiger partial charge in [-0.3, -0.25) is 24.0 Å². The lowest BCUT2D eigenvalue weighted by molar-refractivity contribution is -0.157. The van der Waals surface area contributed by atoms with Gasteiger partial charge in [0.2, 0.25) is 5.78 Å². The lowest BCUT2D eigenvalue weighted by Crippen LogP contribution is -2.37. The minimum Gasteiger partial charge on any atom is -0.475 e. The number of hydrogen-bond donors (Lipinski definition) is 1. The summed E-state index contributed by atoms with van der Waals surface area (Å²) in [7, 11) is 0. The maximum atomic E-state index is 11.6. The molecule has 0 atom stereocenters. The van der Waals surface area contributed by atoms with E-state index in [0.717, 1.165) is 25.7 Å². The number of carbonyl (C=O) groups excluding carboxylic acids is 5. The molecule has 0 rings (SSSR count). The normalized spacial score (nSPS) is 10.4. The molecule has 0 amide bonds. The van der Waals surface area contributed by atoms with Gasteiger partial charge in [-0.25, -0.2) is 4.79 Å². The minimum absolute atomic E-state index is 0.184. The Morgan fingerprint density at radius 2 is 0.889 bits per heavy atom. The number of aliphatic carboxylic acids is 1. The second-order valence-corrected chi connectivity index (χ2v) is 6.68. The van der Waals surface area contributed by atoms with Crippen LogP contribution in [0.2, 0.25) is 0 Å². The third kappa shape index (κ3) is 11.2. The fourth-order valence-electron chi connectivity index (χ4n) is 2.67. The fourth-order valence-corrected chi connectivity index (χ4v) is 2.67. The summed E-state index contributed by atoms with van der Waals surface area (Å²) in [5.74, 6) is -10.7. The number of ketones is 5. The first-order valence-electron chi connectivity index (χ1n) is 9.76. The highest BCUT2D eigenvalue weighted by Crippen LogP contribution is 2.12. The first-order chi connectivity index (χ1) is 12.8. The van der Waals surface area contributed by atoms with Crippen molar-refractivity contribution in [1.82, 2.24) is 0 Å². The van der Waals surface area contributed by atoms with Crippen molar-refractivity contribution in [2.45, 2.75) is 90.4 Å². The summed E-state index contributed by atoms with van der Waals surface area (Å²) >= 11 is 0. The van der Waals surface area contributed by atoms with Crippen LogP contribution >= 0.6 is 0 Å². The maximum Gasteiger partial charge on any atom is 0.380 e. The van der Waals surface area contributed by atoms with Crippen LogP contribution in [-0.4, -0.2) is 40.0 Å². The van der Waals surface area contributed by atoms with Gasteiger partial charge in [-0.15, -0.1) is 0 Å². The molecule has 0 aromatic carbocycles. The third-order valence-electron chi connectivity index (χ3n) is 4.32. The number of carboxylic acids is 1. The SMILES string of the molecule is CCCCCCCCCCCCCCC(=O)C(=O)C(=O)C(=O)C(=O)C(=O)O. The molecular weight excluding hydrogens is 352 g/mol. The molecule has 152 valence electrons. The summed E-state index contributed by atoms with van der Waals surface area (Å²) in [6.45, 7) is 2.20. The Bertz CT molecular complexity index is 549.